The highest BCUT2D eigenvalue weighted by atomic mass is 32.2. The van der Waals surface area contributed by atoms with Crippen molar-refractivity contribution in [3.63, 3.8) is 0 Å². The highest BCUT2D eigenvalue weighted by molar-refractivity contribution is 7.85. The molecule has 0 spiro atoms. The molecule has 2 rings (SSSR count). The van der Waals surface area contributed by atoms with Crippen LogP contribution in [0.4, 0.5) is 0 Å². The monoisotopic (exact) mass is 224 g/mol. The molecule has 82 valence electrons. The van der Waals surface area contributed by atoms with Gasteiger partial charge < -0.3 is 5.32 Å². The Balaban J connectivity index is 2.09. The van der Waals surface area contributed by atoms with Gasteiger partial charge in [-0.25, -0.2) is 4.98 Å². The van der Waals surface area contributed by atoms with Gasteiger partial charge in [0.15, 0.2) is 0 Å². The van der Waals surface area contributed by atoms with Crippen molar-refractivity contribution in [3.05, 3.63) is 23.9 Å². The molecule has 1 N–H and O–H groups in total. The Kier molecular flexibility index (Phi) is 3.49. The minimum Gasteiger partial charge on any atom is -0.317 e. The van der Waals surface area contributed by atoms with Crippen molar-refractivity contribution in [2.24, 2.45) is 0 Å². The fourth-order valence-corrected chi connectivity index (χ4v) is 3.12. The number of pyridine rings is 1. The summed E-state index contributed by atoms with van der Waals surface area (Å²) >= 11 is 0. The minimum atomic E-state index is -0.929. The van der Waals surface area contributed by atoms with Gasteiger partial charge in [0.1, 0.15) is 5.03 Å². The zero-order chi connectivity index (χ0) is 10.7. The third-order valence-corrected chi connectivity index (χ3v) is 4.41. The number of nitrogens with one attached hydrogen (secondary N) is 1. The standard InChI is InChI=1S/C11H16N2OS/c1-9-2-3-11(13-8-9)15(14)10-4-6-12-7-5-10/h2-3,8,10,12H,4-7H2,1H3/t15-/m0/s1. The first-order valence-electron chi connectivity index (χ1n) is 5.31. The summed E-state index contributed by atoms with van der Waals surface area (Å²) in [6.45, 7) is 3.94. The van der Waals surface area contributed by atoms with Crippen molar-refractivity contribution in [3.8, 4) is 0 Å². The van der Waals surface area contributed by atoms with Crippen LogP contribution >= 0.6 is 0 Å². The molecule has 0 unspecified atom stereocenters. The van der Waals surface area contributed by atoms with E-state index in [1.807, 2.05) is 19.1 Å². The SMILES string of the molecule is Cc1ccc([S@@](=O)C2CCNCC2)nc1. The Bertz CT molecular complexity index is 344. The van der Waals surface area contributed by atoms with Crippen molar-refractivity contribution in [2.45, 2.75) is 30.0 Å². The van der Waals surface area contributed by atoms with Gasteiger partial charge in [-0.05, 0) is 44.5 Å². The van der Waals surface area contributed by atoms with Crippen LogP contribution in [0.25, 0.3) is 0 Å². The number of aromatic nitrogens is 1. The number of aryl methyl sites for hydroxylation is 1. The van der Waals surface area contributed by atoms with Gasteiger partial charge in [-0.15, -0.1) is 0 Å². The fraction of sp³-hybridized carbons (Fsp3) is 0.545. The zero-order valence-electron chi connectivity index (χ0n) is 8.90. The smallest absolute Gasteiger partial charge is 0.127 e. The van der Waals surface area contributed by atoms with E-state index < -0.39 is 10.8 Å². The van der Waals surface area contributed by atoms with Crippen molar-refractivity contribution in [1.29, 1.82) is 0 Å². The first-order chi connectivity index (χ1) is 7.27. The maximum absolute atomic E-state index is 12.1. The molecule has 0 aromatic carbocycles. The zero-order valence-corrected chi connectivity index (χ0v) is 9.72. The van der Waals surface area contributed by atoms with Crippen molar-refractivity contribution >= 4 is 10.8 Å². The largest absolute Gasteiger partial charge is 0.317 e. The van der Waals surface area contributed by atoms with Gasteiger partial charge in [-0.1, -0.05) is 6.07 Å². The molecule has 0 bridgehead atoms. The van der Waals surface area contributed by atoms with Crippen LogP contribution in [0.2, 0.25) is 0 Å². The van der Waals surface area contributed by atoms with E-state index in [0.717, 1.165) is 36.5 Å². The van der Waals surface area contributed by atoms with Crippen LogP contribution in [-0.2, 0) is 10.8 Å². The number of hydrogen-bond acceptors (Lipinski definition) is 3. The van der Waals surface area contributed by atoms with Crippen LogP contribution in [0.5, 0.6) is 0 Å². The van der Waals surface area contributed by atoms with Gasteiger partial charge in [0.2, 0.25) is 0 Å². The average molecular weight is 224 g/mol. The molecule has 1 fully saturated rings. The lowest BCUT2D eigenvalue weighted by molar-refractivity contribution is 0.519. The van der Waals surface area contributed by atoms with E-state index in [4.69, 9.17) is 0 Å². The molecule has 0 saturated carbocycles. The van der Waals surface area contributed by atoms with E-state index >= 15 is 0 Å². The van der Waals surface area contributed by atoms with Crippen LogP contribution in [-0.4, -0.2) is 27.5 Å². The molecule has 1 aliphatic rings. The number of rotatable bonds is 2. The highest BCUT2D eigenvalue weighted by Gasteiger charge is 2.21. The van der Waals surface area contributed by atoms with Gasteiger partial charge in [-0.3, -0.25) is 4.21 Å². The number of nitrogens with zero attached hydrogens (tertiary/aromatic N) is 1. The lowest BCUT2D eigenvalue weighted by atomic mass is 10.2. The molecule has 15 heavy (non-hydrogen) atoms. The summed E-state index contributed by atoms with van der Waals surface area (Å²) in [6.07, 6.45) is 3.76. The molecule has 3 nitrogen and oxygen atoms in total. The van der Waals surface area contributed by atoms with E-state index in [-0.39, 0.29) is 5.25 Å². The Hall–Kier alpha value is -0.740. The third-order valence-electron chi connectivity index (χ3n) is 2.68. The first-order valence-corrected chi connectivity index (χ1v) is 6.52. The summed E-state index contributed by atoms with van der Waals surface area (Å²) in [5.41, 5.74) is 1.11. The van der Waals surface area contributed by atoms with E-state index in [1.54, 1.807) is 6.20 Å². The van der Waals surface area contributed by atoms with E-state index in [9.17, 15) is 4.21 Å². The van der Waals surface area contributed by atoms with Crippen molar-refractivity contribution < 1.29 is 4.21 Å². The lowest BCUT2D eigenvalue weighted by Gasteiger charge is -2.21. The van der Waals surface area contributed by atoms with Gasteiger partial charge in [0, 0.05) is 11.4 Å². The highest BCUT2D eigenvalue weighted by Crippen LogP contribution is 2.16. The fourth-order valence-electron chi connectivity index (χ4n) is 1.75. The van der Waals surface area contributed by atoms with Gasteiger partial charge in [0.05, 0.1) is 10.8 Å². The van der Waals surface area contributed by atoms with Crippen LogP contribution in [0.15, 0.2) is 23.4 Å². The summed E-state index contributed by atoms with van der Waals surface area (Å²) < 4.78 is 12.1. The van der Waals surface area contributed by atoms with Gasteiger partial charge in [-0.2, -0.15) is 0 Å². The van der Waals surface area contributed by atoms with Crippen molar-refractivity contribution in [1.82, 2.24) is 10.3 Å². The molecule has 1 saturated heterocycles. The summed E-state index contributed by atoms with van der Waals surface area (Å²) in [5, 5.41) is 4.28. The average Bonchev–Trinajstić information content (AvgIpc) is 2.30. The third kappa shape index (κ3) is 2.63. The van der Waals surface area contributed by atoms with Gasteiger partial charge >= 0.3 is 0 Å². The molecular formula is C11H16N2OS. The molecule has 1 aliphatic heterocycles. The Morgan fingerprint density at radius 1 is 1.40 bits per heavy atom. The topological polar surface area (TPSA) is 42.0 Å². The minimum absolute atomic E-state index is 0.279. The molecular weight excluding hydrogens is 208 g/mol. The predicted octanol–water partition coefficient (Wildman–Crippen LogP) is 1.25. The second kappa shape index (κ2) is 4.86. The Labute approximate surface area is 92.8 Å². The van der Waals surface area contributed by atoms with E-state index in [0.29, 0.717) is 0 Å². The van der Waals surface area contributed by atoms with E-state index in [2.05, 4.69) is 10.3 Å². The molecule has 0 radical (unpaired) electrons. The second-order valence-electron chi connectivity index (χ2n) is 3.92. The van der Waals surface area contributed by atoms with E-state index in [1.165, 1.54) is 0 Å². The molecule has 4 heteroatoms. The van der Waals surface area contributed by atoms with Crippen LogP contribution in [0.3, 0.4) is 0 Å². The Morgan fingerprint density at radius 2 is 2.13 bits per heavy atom. The van der Waals surface area contributed by atoms with Crippen LogP contribution < -0.4 is 5.32 Å². The molecule has 1 aromatic rings. The summed E-state index contributed by atoms with van der Waals surface area (Å²) in [5.74, 6) is 0. The van der Waals surface area contributed by atoms with Gasteiger partial charge in [0.25, 0.3) is 0 Å². The quantitative estimate of drug-likeness (QED) is 0.822. The molecule has 0 aliphatic carbocycles. The van der Waals surface area contributed by atoms with Crippen molar-refractivity contribution in [2.75, 3.05) is 13.1 Å². The lowest BCUT2D eigenvalue weighted by Crippen LogP contribution is -2.33. The number of piperidine rings is 1. The summed E-state index contributed by atoms with van der Waals surface area (Å²) in [6, 6.07) is 3.86. The van der Waals surface area contributed by atoms with Crippen LogP contribution in [0.1, 0.15) is 18.4 Å². The normalized spacial score (nSPS) is 20.1. The molecule has 1 atom stereocenters. The number of hydrogen-bond donors (Lipinski definition) is 1. The Morgan fingerprint density at radius 3 is 2.73 bits per heavy atom. The van der Waals surface area contributed by atoms with Crippen LogP contribution in [0, 0.1) is 6.92 Å². The first kappa shape index (κ1) is 10.8. The predicted molar refractivity (Wildman–Crippen MR) is 61.3 cm³/mol. The molecule has 1 aromatic heterocycles. The summed E-state index contributed by atoms with van der Waals surface area (Å²) in [4.78, 5) is 4.23. The second-order valence-corrected chi connectivity index (χ2v) is 5.60. The molecule has 2 heterocycles. The maximum Gasteiger partial charge on any atom is 0.127 e. The maximum atomic E-state index is 12.1. The molecule has 0 amide bonds. The summed E-state index contributed by atoms with van der Waals surface area (Å²) in [7, 11) is -0.929.